The number of carbonyl (C=O) groups excluding carboxylic acids is 2. The molecule has 3 aromatic carbocycles. The van der Waals surface area contributed by atoms with Gasteiger partial charge in [0.25, 0.3) is 5.91 Å². The van der Waals surface area contributed by atoms with Crippen LogP contribution in [-0.4, -0.2) is 39.5 Å². The van der Waals surface area contributed by atoms with Crippen LogP contribution in [0.4, 0.5) is 0 Å². The van der Waals surface area contributed by atoms with E-state index >= 15 is 0 Å². The number of nitrogens with one attached hydrogen (secondary N) is 1. The fourth-order valence-corrected chi connectivity index (χ4v) is 6.69. The molecule has 1 aliphatic carbocycles. The van der Waals surface area contributed by atoms with Gasteiger partial charge in [0.2, 0.25) is 0 Å². The highest BCUT2D eigenvalue weighted by Crippen LogP contribution is 2.47. The maximum absolute atomic E-state index is 13.6. The quantitative estimate of drug-likeness (QED) is 0.210. The maximum Gasteiger partial charge on any atom is 0.335 e. The molecule has 4 aromatic rings. The summed E-state index contributed by atoms with van der Waals surface area (Å²) in [7, 11) is 0. The van der Waals surface area contributed by atoms with Gasteiger partial charge in [0.1, 0.15) is 12.4 Å². The van der Waals surface area contributed by atoms with Gasteiger partial charge in [-0.2, -0.15) is 0 Å². The number of aromatic nitrogens is 1. The van der Waals surface area contributed by atoms with Gasteiger partial charge in [0, 0.05) is 39.6 Å². The van der Waals surface area contributed by atoms with E-state index in [4.69, 9.17) is 9.84 Å². The Hall–Kier alpha value is -4.39. The SMILES string of the molecule is CC(C)(CCC(=O)c1ccc(C(=O)O)cc1)NC(=O)c1ccc2c(C3CCCCC3)c3n(c2c1)CCOc1ccccc1-3. The summed E-state index contributed by atoms with van der Waals surface area (Å²) in [5.74, 6) is 0.100. The zero-order valence-electron chi connectivity index (χ0n) is 24.8. The van der Waals surface area contributed by atoms with Crippen molar-refractivity contribution in [1.29, 1.82) is 0 Å². The normalized spacial score (nSPS) is 15.2. The number of amides is 1. The Labute approximate surface area is 251 Å². The second-order valence-corrected chi connectivity index (χ2v) is 12.5. The first-order valence-electron chi connectivity index (χ1n) is 15.3. The van der Waals surface area contributed by atoms with E-state index in [1.165, 1.54) is 73.0 Å². The zero-order valence-corrected chi connectivity index (χ0v) is 24.8. The molecule has 0 radical (unpaired) electrons. The van der Waals surface area contributed by atoms with E-state index in [0.717, 1.165) is 16.8 Å². The van der Waals surface area contributed by atoms with E-state index in [1.807, 2.05) is 38.1 Å². The van der Waals surface area contributed by atoms with Gasteiger partial charge < -0.3 is 19.7 Å². The van der Waals surface area contributed by atoms with E-state index in [0.29, 0.717) is 36.6 Å². The summed E-state index contributed by atoms with van der Waals surface area (Å²) >= 11 is 0. The number of ether oxygens (including phenoxy) is 1. The molecule has 1 saturated carbocycles. The molecular weight excluding hydrogens is 540 g/mol. The van der Waals surface area contributed by atoms with Gasteiger partial charge in [-0.25, -0.2) is 4.79 Å². The summed E-state index contributed by atoms with van der Waals surface area (Å²) in [5.41, 5.74) is 5.35. The minimum absolute atomic E-state index is 0.0886. The van der Waals surface area contributed by atoms with Crippen LogP contribution in [-0.2, 0) is 6.54 Å². The van der Waals surface area contributed by atoms with Crippen LogP contribution >= 0.6 is 0 Å². The lowest BCUT2D eigenvalue weighted by molar-refractivity contribution is 0.0696. The van der Waals surface area contributed by atoms with Crippen LogP contribution in [0.5, 0.6) is 5.75 Å². The predicted octanol–water partition coefficient (Wildman–Crippen LogP) is 7.62. The van der Waals surface area contributed by atoms with Gasteiger partial charge in [0.05, 0.1) is 17.8 Å². The number of hydrogen-bond donors (Lipinski definition) is 2. The van der Waals surface area contributed by atoms with Gasteiger partial charge in [-0.1, -0.05) is 49.6 Å². The fourth-order valence-electron chi connectivity index (χ4n) is 6.69. The summed E-state index contributed by atoms with van der Waals surface area (Å²) in [4.78, 5) is 37.5. The van der Waals surface area contributed by atoms with Crippen molar-refractivity contribution in [2.75, 3.05) is 6.61 Å². The Kier molecular flexibility index (Phi) is 7.82. The number of hydrogen-bond acceptors (Lipinski definition) is 4. The Bertz CT molecular complexity index is 1690. The zero-order chi connectivity index (χ0) is 30.1. The number of benzene rings is 3. The van der Waals surface area contributed by atoms with E-state index in [2.05, 4.69) is 28.1 Å². The third kappa shape index (κ3) is 5.81. The molecule has 2 heterocycles. The number of ketones is 1. The number of rotatable bonds is 8. The first-order valence-corrected chi connectivity index (χ1v) is 15.3. The molecule has 2 N–H and O–H groups in total. The standard InChI is InChI=1S/C36H38N2O5/c1-36(2,19-18-30(39)23-12-14-25(15-13-23)35(41)42)37-34(40)26-16-17-27-29(22-26)38-20-21-43-31-11-7-6-10-28(31)33(38)32(27)24-8-4-3-5-9-24/h6-7,10-17,22,24H,3-5,8-9,18-21H2,1-2H3,(H,37,40)(H,41,42). The lowest BCUT2D eigenvalue weighted by atomic mass is 9.81. The van der Waals surface area contributed by atoms with Crippen LogP contribution in [0.2, 0.25) is 0 Å². The first kappa shape index (κ1) is 28.7. The molecule has 1 fully saturated rings. The van der Waals surface area contributed by atoms with E-state index < -0.39 is 11.5 Å². The molecular formula is C36H38N2O5. The molecule has 1 aliphatic heterocycles. The molecule has 0 bridgehead atoms. The number of carboxylic acids is 1. The van der Waals surface area contributed by atoms with Crippen molar-refractivity contribution in [3.8, 4) is 17.0 Å². The highest BCUT2D eigenvalue weighted by atomic mass is 16.5. The number of Topliss-reactive ketones (excluding diaryl/α,β-unsaturated/α-hetero) is 1. The molecule has 7 heteroatoms. The van der Waals surface area contributed by atoms with Crippen molar-refractivity contribution >= 4 is 28.6 Å². The van der Waals surface area contributed by atoms with Crippen LogP contribution in [0.1, 0.15) is 101 Å². The van der Waals surface area contributed by atoms with Gasteiger partial charge in [0.15, 0.2) is 5.78 Å². The molecule has 1 amide bonds. The van der Waals surface area contributed by atoms with Crippen LogP contribution < -0.4 is 10.1 Å². The number of para-hydroxylation sites is 1. The van der Waals surface area contributed by atoms with E-state index in [-0.39, 0.29) is 23.7 Å². The van der Waals surface area contributed by atoms with Crippen LogP contribution in [0.25, 0.3) is 22.2 Å². The summed E-state index contributed by atoms with van der Waals surface area (Å²) < 4.78 is 8.51. The third-order valence-corrected chi connectivity index (χ3v) is 8.98. The molecule has 6 rings (SSSR count). The fraction of sp³-hybridized carbons (Fsp3) is 0.361. The minimum Gasteiger partial charge on any atom is -0.491 e. The van der Waals surface area contributed by atoms with Gasteiger partial charge in [-0.15, -0.1) is 0 Å². The molecule has 7 nitrogen and oxygen atoms in total. The number of nitrogens with zero attached hydrogens (tertiary/aromatic N) is 1. The molecule has 222 valence electrons. The maximum atomic E-state index is 13.6. The molecule has 2 aliphatic rings. The Morgan fingerprint density at radius 3 is 2.37 bits per heavy atom. The van der Waals surface area contributed by atoms with Gasteiger partial charge in [-0.05, 0) is 81.0 Å². The van der Waals surface area contributed by atoms with Gasteiger partial charge in [-0.3, -0.25) is 9.59 Å². The smallest absolute Gasteiger partial charge is 0.335 e. The summed E-state index contributed by atoms with van der Waals surface area (Å²) in [6, 6.07) is 20.3. The molecule has 1 aromatic heterocycles. The first-order chi connectivity index (χ1) is 20.7. The Balaban J connectivity index is 1.26. The van der Waals surface area contributed by atoms with Crippen molar-refractivity contribution < 1.29 is 24.2 Å². The molecule has 0 spiro atoms. The van der Waals surface area contributed by atoms with Crippen molar-refractivity contribution in [2.24, 2.45) is 0 Å². The Morgan fingerprint density at radius 1 is 0.930 bits per heavy atom. The average molecular weight is 579 g/mol. The predicted molar refractivity (Wildman–Crippen MR) is 167 cm³/mol. The van der Waals surface area contributed by atoms with Crippen LogP contribution in [0, 0.1) is 0 Å². The van der Waals surface area contributed by atoms with Crippen LogP contribution in [0.3, 0.4) is 0 Å². The number of fused-ring (bicyclic) bond motifs is 5. The second kappa shape index (κ2) is 11.7. The second-order valence-electron chi connectivity index (χ2n) is 12.5. The summed E-state index contributed by atoms with van der Waals surface area (Å²) in [6.07, 6.45) is 6.78. The highest BCUT2D eigenvalue weighted by molar-refractivity contribution is 6.02. The van der Waals surface area contributed by atoms with Crippen LogP contribution in [0.15, 0.2) is 66.7 Å². The summed E-state index contributed by atoms with van der Waals surface area (Å²) in [6.45, 7) is 5.11. The van der Waals surface area contributed by atoms with E-state index in [1.54, 1.807) is 0 Å². The number of aromatic carboxylic acids is 1. The lowest BCUT2D eigenvalue weighted by Gasteiger charge is -2.26. The minimum atomic E-state index is -1.03. The van der Waals surface area contributed by atoms with Crippen molar-refractivity contribution in [1.82, 2.24) is 9.88 Å². The van der Waals surface area contributed by atoms with Gasteiger partial charge >= 0.3 is 5.97 Å². The third-order valence-electron chi connectivity index (χ3n) is 8.98. The monoisotopic (exact) mass is 578 g/mol. The lowest BCUT2D eigenvalue weighted by Crippen LogP contribution is -2.43. The highest BCUT2D eigenvalue weighted by Gasteiger charge is 2.30. The largest absolute Gasteiger partial charge is 0.491 e. The average Bonchev–Trinajstić information content (AvgIpc) is 3.21. The molecule has 0 atom stereocenters. The molecule has 0 unspecified atom stereocenters. The molecule has 0 saturated heterocycles. The van der Waals surface area contributed by atoms with Crippen molar-refractivity contribution in [3.05, 3.63) is 89.0 Å². The number of carboxylic acid groups (broad SMARTS) is 1. The number of carbonyl (C=O) groups is 3. The molecule has 43 heavy (non-hydrogen) atoms. The van der Waals surface area contributed by atoms with Crippen molar-refractivity contribution in [3.63, 3.8) is 0 Å². The van der Waals surface area contributed by atoms with E-state index in [9.17, 15) is 14.4 Å². The Morgan fingerprint density at radius 2 is 1.63 bits per heavy atom. The topological polar surface area (TPSA) is 97.6 Å². The van der Waals surface area contributed by atoms with Crippen molar-refractivity contribution in [2.45, 2.75) is 76.8 Å². The summed E-state index contributed by atoms with van der Waals surface area (Å²) in [5, 5.41) is 13.5.